The van der Waals surface area contributed by atoms with Crippen molar-refractivity contribution in [3.8, 4) is 44.5 Å². The molecule has 0 bridgehead atoms. The van der Waals surface area contributed by atoms with Gasteiger partial charge in [-0.05, 0) is 90.8 Å². The summed E-state index contributed by atoms with van der Waals surface area (Å²) in [6.45, 7) is 0. The molecule has 0 aliphatic rings. The summed E-state index contributed by atoms with van der Waals surface area (Å²) in [4.78, 5) is 0. The van der Waals surface area contributed by atoms with Crippen LogP contribution in [0.5, 0.6) is 0 Å². The smallest absolute Gasteiger partial charge is 0.143 e. The van der Waals surface area contributed by atoms with E-state index in [0.717, 1.165) is 98.8 Å². The van der Waals surface area contributed by atoms with Gasteiger partial charge in [0, 0.05) is 27.1 Å². The molecule has 11 aromatic rings. The molecule has 9 aromatic carbocycles. The van der Waals surface area contributed by atoms with E-state index >= 15 is 0 Å². The fourth-order valence-corrected chi connectivity index (χ4v) is 8.18. The number of para-hydroxylation sites is 2. The van der Waals surface area contributed by atoms with E-state index in [4.69, 9.17) is 12.9 Å². The highest BCUT2D eigenvalue weighted by Crippen LogP contribution is 2.49. The molecule has 2 nitrogen and oxygen atoms in total. The van der Waals surface area contributed by atoms with E-state index in [0.29, 0.717) is 5.56 Å². The van der Waals surface area contributed by atoms with Gasteiger partial charge in [-0.3, -0.25) is 0 Å². The SMILES string of the molecule is [2H]c1c([2H])c([2H])c(-c2c3ccccc3c(-c3cccc4oc5ccccc5c34)c3ccc(-c4ccc(-c5ccccc5)c5c4oc4ccccc45)cc23)c([2H])c1[2H]. The minimum Gasteiger partial charge on any atom is -0.456 e. The topological polar surface area (TPSA) is 26.3 Å². The van der Waals surface area contributed by atoms with Crippen LogP contribution < -0.4 is 0 Å². The molecular weight excluding hydrogens is 633 g/mol. The Hall–Kier alpha value is -6.90. The second-order valence-electron chi connectivity index (χ2n) is 13.2. The van der Waals surface area contributed by atoms with Gasteiger partial charge in [-0.1, -0.05) is 152 Å². The van der Waals surface area contributed by atoms with Gasteiger partial charge in [0.05, 0.1) is 6.85 Å². The first-order valence-corrected chi connectivity index (χ1v) is 17.4. The molecule has 0 atom stereocenters. The molecule has 0 aliphatic carbocycles. The summed E-state index contributed by atoms with van der Waals surface area (Å²) in [5.74, 6) is 0. The number of benzene rings is 9. The zero-order valence-corrected chi connectivity index (χ0v) is 27.8. The predicted octanol–water partition coefficient (Wildman–Crippen LogP) is 14.5. The maximum Gasteiger partial charge on any atom is 0.143 e. The molecule has 0 aliphatic heterocycles. The van der Waals surface area contributed by atoms with Gasteiger partial charge >= 0.3 is 0 Å². The monoisotopic (exact) mass is 667 g/mol. The Bertz CT molecular complexity index is 3440. The van der Waals surface area contributed by atoms with E-state index in [-0.39, 0.29) is 29.7 Å². The van der Waals surface area contributed by atoms with Crippen molar-refractivity contribution in [3.05, 3.63) is 182 Å². The van der Waals surface area contributed by atoms with Crippen LogP contribution in [-0.4, -0.2) is 0 Å². The minimum atomic E-state index is -0.427. The molecule has 11 rings (SSSR count). The largest absolute Gasteiger partial charge is 0.456 e. The van der Waals surface area contributed by atoms with Crippen molar-refractivity contribution >= 4 is 65.4 Å². The lowest BCUT2D eigenvalue weighted by molar-refractivity contribution is 0.669. The molecule has 0 saturated heterocycles. The van der Waals surface area contributed by atoms with Crippen molar-refractivity contribution in [2.24, 2.45) is 0 Å². The standard InChI is InChI=1S/C50H30O2/c1-3-14-31(15-4-1)34-28-29-35(50-49(34)40-21-10-12-24-44(40)52-50)33-26-27-38-42(30-33)46(32-16-5-2-6-17-32)36-18-7-8-19-37(36)47(38)41-22-13-25-45-48(41)39-20-9-11-23-43(39)51-45/h1-30H/i2D,5D,6D,16D,17D. The second kappa shape index (κ2) is 11.3. The molecule has 0 amide bonds. The van der Waals surface area contributed by atoms with Gasteiger partial charge in [0.2, 0.25) is 0 Å². The third kappa shape index (κ3) is 4.25. The Kier molecular flexibility index (Phi) is 5.28. The summed E-state index contributed by atoms with van der Waals surface area (Å²) in [5, 5.41) is 7.30. The average molecular weight is 668 g/mol. The molecule has 2 heterocycles. The number of rotatable bonds is 4. The van der Waals surface area contributed by atoms with Gasteiger partial charge in [0.15, 0.2) is 0 Å². The van der Waals surface area contributed by atoms with Crippen molar-refractivity contribution < 1.29 is 15.7 Å². The first-order chi connectivity index (χ1) is 27.9. The maximum atomic E-state index is 9.21. The lowest BCUT2D eigenvalue weighted by atomic mass is 9.83. The molecule has 2 aromatic heterocycles. The van der Waals surface area contributed by atoms with Gasteiger partial charge in [0.1, 0.15) is 22.3 Å². The Morgan fingerprint density at radius 1 is 0.346 bits per heavy atom. The lowest BCUT2D eigenvalue weighted by Gasteiger charge is -2.19. The number of hydrogen-bond acceptors (Lipinski definition) is 2. The van der Waals surface area contributed by atoms with E-state index < -0.39 is 6.04 Å². The van der Waals surface area contributed by atoms with Crippen LogP contribution in [0.1, 0.15) is 6.85 Å². The Labute approximate surface area is 306 Å². The van der Waals surface area contributed by atoms with Gasteiger partial charge < -0.3 is 8.83 Å². The zero-order valence-electron chi connectivity index (χ0n) is 32.8. The van der Waals surface area contributed by atoms with Gasteiger partial charge in [-0.25, -0.2) is 0 Å². The van der Waals surface area contributed by atoms with Crippen molar-refractivity contribution in [1.82, 2.24) is 0 Å². The minimum absolute atomic E-state index is 0.158. The van der Waals surface area contributed by atoms with E-state index in [9.17, 15) is 2.74 Å². The molecule has 0 spiro atoms. The number of furan rings is 2. The van der Waals surface area contributed by atoms with Crippen molar-refractivity contribution in [1.29, 1.82) is 0 Å². The lowest BCUT2D eigenvalue weighted by Crippen LogP contribution is -1.92. The van der Waals surface area contributed by atoms with Gasteiger partial charge in [-0.2, -0.15) is 0 Å². The first kappa shape index (κ1) is 24.3. The summed E-state index contributed by atoms with van der Waals surface area (Å²) >= 11 is 0. The summed E-state index contributed by atoms with van der Waals surface area (Å²) in [6, 6.07) is 49.4. The highest BCUT2D eigenvalue weighted by molar-refractivity contribution is 6.26. The molecular formula is C50H30O2. The molecule has 242 valence electrons. The number of hydrogen-bond donors (Lipinski definition) is 0. The normalized spacial score (nSPS) is 13.2. The van der Waals surface area contributed by atoms with E-state index in [1.807, 2.05) is 84.9 Å². The third-order valence-electron chi connectivity index (χ3n) is 10.4. The van der Waals surface area contributed by atoms with Crippen LogP contribution in [0, 0.1) is 0 Å². The quantitative estimate of drug-likeness (QED) is 0.175. The predicted molar refractivity (Wildman–Crippen MR) is 218 cm³/mol. The summed E-state index contributed by atoms with van der Waals surface area (Å²) in [7, 11) is 0. The second-order valence-corrected chi connectivity index (χ2v) is 13.2. The fourth-order valence-electron chi connectivity index (χ4n) is 8.18. The first-order valence-electron chi connectivity index (χ1n) is 19.9. The summed E-state index contributed by atoms with van der Waals surface area (Å²) < 4.78 is 57.3. The molecule has 2 heteroatoms. The Morgan fingerprint density at radius 3 is 1.75 bits per heavy atom. The van der Waals surface area contributed by atoms with Gasteiger partial charge in [0.25, 0.3) is 0 Å². The summed E-state index contributed by atoms with van der Waals surface area (Å²) in [5.41, 5.74) is 9.67. The van der Waals surface area contributed by atoms with Crippen molar-refractivity contribution in [2.45, 2.75) is 0 Å². The summed E-state index contributed by atoms with van der Waals surface area (Å²) in [6.07, 6.45) is 0. The van der Waals surface area contributed by atoms with Crippen LogP contribution in [0.3, 0.4) is 0 Å². The third-order valence-corrected chi connectivity index (χ3v) is 10.4. The van der Waals surface area contributed by atoms with Crippen molar-refractivity contribution in [3.63, 3.8) is 0 Å². The van der Waals surface area contributed by atoms with Crippen LogP contribution in [0.2, 0.25) is 0 Å². The van der Waals surface area contributed by atoms with Crippen molar-refractivity contribution in [2.75, 3.05) is 0 Å². The van der Waals surface area contributed by atoms with Crippen LogP contribution in [0.15, 0.2) is 191 Å². The number of fused-ring (bicyclic) bond motifs is 8. The van der Waals surface area contributed by atoms with E-state index in [2.05, 4.69) is 66.7 Å². The van der Waals surface area contributed by atoms with Gasteiger partial charge in [-0.15, -0.1) is 0 Å². The van der Waals surface area contributed by atoms with E-state index in [1.165, 1.54) is 0 Å². The highest BCUT2D eigenvalue weighted by atomic mass is 16.3. The molecule has 0 N–H and O–H groups in total. The Morgan fingerprint density at radius 2 is 0.962 bits per heavy atom. The Balaban J connectivity index is 1.30. The molecule has 0 fully saturated rings. The molecule has 0 radical (unpaired) electrons. The fraction of sp³-hybridized carbons (Fsp3) is 0. The maximum absolute atomic E-state index is 9.21. The highest BCUT2D eigenvalue weighted by Gasteiger charge is 2.22. The van der Waals surface area contributed by atoms with Crippen LogP contribution in [0.4, 0.5) is 0 Å². The van der Waals surface area contributed by atoms with E-state index in [1.54, 1.807) is 0 Å². The molecule has 0 unspecified atom stereocenters. The molecule has 0 saturated carbocycles. The zero-order chi connectivity index (χ0) is 38.5. The molecule has 52 heavy (non-hydrogen) atoms. The average Bonchev–Trinajstić information content (AvgIpc) is 3.84. The van der Waals surface area contributed by atoms with Crippen LogP contribution >= 0.6 is 0 Å². The van der Waals surface area contributed by atoms with Crippen LogP contribution in [-0.2, 0) is 0 Å². The van der Waals surface area contributed by atoms with Crippen LogP contribution in [0.25, 0.3) is 110 Å².